The molecule has 1 unspecified atom stereocenters. The van der Waals surface area contributed by atoms with Gasteiger partial charge < -0.3 is 26.1 Å². The third-order valence-corrected chi connectivity index (χ3v) is 7.60. The van der Waals surface area contributed by atoms with Gasteiger partial charge in [0, 0.05) is 51.4 Å². The first-order chi connectivity index (χ1) is 21.7. The Kier molecular flexibility index (Phi) is 8.99. The number of carbonyl (C=O) groups is 4. The molecule has 0 radical (unpaired) electrons. The van der Waals surface area contributed by atoms with Gasteiger partial charge in [0.25, 0.3) is 5.91 Å². The predicted molar refractivity (Wildman–Crippen MR) is 171 cm³/mol. The number of nitrogens with one attached hydrogen (secondary N) is 4. The fourth-order valence-electron chi connectivity index (χ4n) is 5.32. The summed E-state index contributed by atoms with van der Waals surface area (Å²) in [5, 5.41) is 14.4. The van der Waals surface area contributed by atoms with E-state index in [2.05, 4.69) is 25.3 Å². The first-order valence-corrected chi connectivity index (χ1v) is 14.2. The number of H-pyrrole nitrogens is 1. The molecule has 0 fully saturated rings. The number of esters is 1. The van der Waals surface area contributed by atoms with E-state index >= 15 is 0 Å². The molecule has 2 amide bonds. The number of ether oxygens (including phenoxy) is 1. The molecule has 0 aliphatic rings. The van der Waals surface area contributed by atoms with E-state index in [1.54, 1.807) is 73.8 Å². The van der Waals surface area contributed by atoms with Gasteiger partial charge in [0.15, 0.2) is 0 Å². The molecule has 228 valence electrons. The highest BCUT2D eigenvalue weighted by molar-refractivity contribution is 6.13. The van der Waals surface area contributed by atoms with Crippen molar-refractivity contribution in [2.45, 2.75) is 25.7 Å². The summed E-state index contributed by atoms with van der Waals surface area (Å²) in [5.74, 6) is -3.30. The zero-order chi connectivity index (χ0) is 32.1. The predicted octanol–water partition coefficient (Wildman–Crippen LogP) is 4.14. The van der Waals surface area contributed by atoms with Crippen molar-refractivity contribution in [2.75, 3.05) is 19.0 Å². The van der Waals surface area contributed by atoms with Crippen LogP contribution >= 0.6 is 0 Å². The van der Waals surface area contributed by atoms with E-state index in [9.17, 15) is 19.2 Å². The quantitative estimate of drug-likeness (QED) is 0.0650. The maximum absolute atomic E-state index is 13.8. The number of carbonyl (C=O) groups excluding carboxylic acids is 4. The fourth-order valence-corrected chi connectivity index (χ4v) is 5.32. The number of nitrogen functional groups attached to an aromatic ring is 1. The lowest BCUT2D eigenvalue weighted by Crippen LogP contribution is -2.37. The summed E-state index contributed by atoms with van der Waals surface area (Å²) in [6, 6.07) is 21.3. The van der Waals surface area contributed by atoms with Crippen molar-refractivity contribution in [3.63, 3.8) is 0 Å². The van der Waals surface area contributed by atoms with Crippen molar-refractivity contribution in [1.82, 2.24) is 15.3 Å². The Morgan fingerprint density at radius 1 is 1.02 bits per heavy atom. The minimum absolute atomic E-state index is 0.0341. The molecule has 0 aliphatic heterocycles. The molecule has 1 atom stereocenters. The Labute approximate surface area is 258 Å². The number of aromatic amines is 1. The van der Waals surface area contributed by atoms with Gasteiger partial charge in [-0.1, -0.05) is 42.5 Å². The molecule has 45 heavy (non-hydrogen) atoms. The number of rotatable bonds is 11. The highest BCUT2D eigenvalue weighted by atomic mass is 16.5. The van der Waals surface area contributed by atoms with E-state index in [-0.39, 0.29) is 23.9 Å². The maximum atomic E-state index is 13.8. The molecule has 6 N–H and O–H groups in total. The molecule has 0 bridgehead atoms. The van der Waals surface area contributed by atoms with Gasteiger partial charge in [0.05, 0.1) is 18.2 Å². The SMILES string of the molecule is COC(=O)CNC(=O)C(C(=O)CCc1ccc(C(=N)N)cc1)c1c(C)[nH]c2ccc(NC(=O)c3cccc4cccnc34)cc12. The number of ketones is 1. The van der Waals surface area contributed by atoms with Crippen LogP contribution in [0.5, 0.6) is 0 Å². The number of hydrogen-bond acceptors (Lipinski definition) is 7. The van der Waals surface area contributed by atoms with Crippen LogP contribution in [0.2, 0.25) is 0 Å². The summed E-state index contributed by atoms with van der Waals surface area (Å²) in [4.78, 5) is 60.1. The van der Waals surface area contributed by atoms with Crippen LogP contribution in [-0.2, 0) is 25.5 Å². The molecular formula is C34H32N6O5. The average molecular weight is 605 g/mol. The number of hydrogen-bond donors (Lipinski definition) is 5. The number of amides is 2. The molecule has 2 heterocycles. The molecule has 2 aromatic heterocycles. The van der Waals surface area contributed by atoms with Crippen LogP contribution in [0.25, 0.3) is 21.8 Å². The minimum Gasteiger partial charge on any atom is -0.468 e. The highest BCUT2D eigenvalue weighted by Crippen LogP contribution is 2.33. The topological polar surface area (TPSA) is 180 Å². The van der Waals surface area contributed by atoms with Gasteiger partial charge in [0.2, 0.25) is 5.91 Å². The molecule has 0 aliphatic carbocycles. The van der Waals surface area contributed by atoms with Crippen LogP contribution in [0, 0.1) is 12.3 Å². The van der Waals surface area contributed by atoms with Gasteiger partial charge in [-0.3, -0.25) is 29.6 Å². The fraction of sp³-hybridized carbons (Fsp3) is 0.176. The number of benzene rings is 3. The van der Waals surface area contributed by atoms with Gasteiger partial charge in [-0.15, -0.1) is 0 Å². The number of anilines is 1. The second-order valence-corrected chi connectivity index (χ2v) is 10.6. The minimum atomic E-state index is -1.24. The van der Waals surface area contributed by atoms with Crippen LogP contribution in [0.4, 0.5) is 5.69 Å². The van der Waals surface area contributed by atoms with E-state index in [1.807, 2.05) is 12.1 Å². The van der Waals surface area contributed by atoms with Gasteiger partial charge in [-0.2, -0.15) is 0 Å². The summed E-state index contributed by atoms with van der Waals surface area (Å²) in [6.07, 6.45) is 2.01. The van der Waals surface area contributed by atoms with Crippen molar-refractivity contribution in [3.05, 3.63) is 107 Å². The molecular weight excluding hydrogens is 572 g/mol. The van der Waals surface area contributed by atoms with Crippen molar-refractivity contribution >= 4 is 56.9 Å². The Balaban J connectivity index is 1.46. The lowest BCUT2D eigenvalue weighted by Gasteiger charge is -2.17. The number of aromatic nitrogens is 2. The van der Waals surface area contributed by atoms with Crippen molar-refractivity contribution in [1.29, 1.82) is 5.41 Å². The third kappa shape index (κ3) is 6.72. The van der Waals surface area contributed by atoms with E-state index in [0.29, 0.717) is 50.9 Å². The molecule has 0 spiro atoms. The van der Waals surface area contributed by atoms with Crippen molar-refractivity contribution in [2.24, 2.45) is 5.73 Å². The molecule has 3 aromatic carbocycles. The largest absolute Gasteiger partial charge is 0.468 e. The molecule has 11 heteroatoms. The monoisotopic (exact) mass is 604 g/mol. The van der Waals surface area contributed by atoms with Crippen LogP contribution in [0.1, 0.15) is 45.1 Å². The van der Waals surface area contributed by atoms with Crippen LogP contribution in [-0.4, -0.2) is 53.0 Å². The Bertz CT molecular complexity index is 1940. The molecule has 5 aromatic rings. The van der Waals surface area contributed by atoms with Gasteiger partial charge in [0.1, 0.15) is 24.1 Å². The summed E-state index contributed by atoms with van der Waals surface area (Å²) in [5.41, 5.74) is 10.1. The van der Waals surface area contributed by atoms with E-state index < -0.39 is 24.3 Å². The number of fused-ring (bicyclic) bond motifs is 2. The zero-order valence-corrected chi connectivity index (χ0v) is 24.8. The maximum Gasteiger partial charge on any atom is 0.325 e. The highest BCUT2D eigenvalue weighted by Gasteiger charge is 2.32. The molecule has 0 saturated heterocycles. The Morgan fingerprint density at radius 3 is 2.51 bits per heavy atom. The van der Waals surface area contributed by atoms with E-state index in [4.69, 9.17) is 11.1 Å². The normalized spacial score (nSPS) is 11.6. The van der Waals surface area contributed by atoms with Gasteiger partial charge in [-0.25, -0.2) is 0 Å². The first kappa shape index (κ1) is 30.6. The van der Waals surface area contributed by atoms with E-state index in [1.165, 1.54) is 7.11 Å². The lowest BCUT2D eigenvalue weighted by atomic mass is 9.88. The van der Waals surface area contributed by atoms with E-state index in [0.717, 1.165) is 10.9 Å². The Morgan fingerprint density at radius 2 is 1.78 bits per heavy atom. The molecule has 11 nitrogen and oxygen atoms in total. The number of pyridine rings is 1. The zero-order valence-electron chi connectivity index (χ0n) is 24.8. The number of Topliss-reactive ketones (excluding diaryl/α,β-unsaturated/α-hetero) is 1. The van der Waals surface area contributed by atoms with Crippen molar-refractivity contribution in [3.8, 4) is 0 Å². The van der Waals surface area contributed by atoms with Crippen LogP contribution in [0.3, 0.4) is 0 Å². The second kappa shape index (κ2) is 13.2. The number of methoxy groups -OCH3 is 1. The number of nitrogens with zero attached hydrogens (tertiary/aromatic N) is 1. The third-order valence-electron chi connectivity index (χ3n) is 7.60. The van der Waals surface area contributed by atoms with Gasteiger partial charge in [-0.05, 0) is 49.2 Å². The number of para-hydroxylation sites is 1. The Hall–Kier alpha value is -5.84. The van der Waals surface area contributed by atoms with Crippen LogP contribution in [0.15, 0.2) is 79.0 Å². The summed E-state index contributed by atoms with van der Waals surface area (Å²) >= 11 is 0. The number of aryl methyl sites for hydroxylation is 2. The van der Waals surface area contributed by atoms with Crippen molar-refractivity contribution < 1.29 is 23.9 Å². The molecule has 0 saturated carbocycles. The molecule has 5 rings (SSSR count). The number of amidine groups is 1. The summed E-state index contributed by atoms with van der Waals surface area (Å²) in [6.45, 7) is 1.37. The number of nitrogens with two attached hydrogens (primary N) is 1. The first-order valence-electron chi connectivity index (χ1n) is 14.2. The summed E-state index contributed by atoms with van der Waals surface area (Å²) < 4.78 is 4.66. The average Bonchev–Trinajstić information content (AvgIpc) is 3.36. The smallest absolute Gasteiger partial charge is 0.325 e. The standard InChI is InChI=1S/C34H32N6O5/c1-19-29(30(34(44)38-18-28(42)45-2)27(41)15-10-20-8-11-22(12-9-20)32(35)36)25-17-23(13-14-26(25)39-19)40-33(43)24-7-3-5-21-6-4-16-37-31(21)24/h3-9,11-14,16-17,30,39H,10,15,18H2,1-2H3,(H3,35,36)(H,38,44)(H,40,43). The second-order valence-electron chi connectivity index (χ2n) is 10.6. The van der Waals surface area contributed by atoms with Gasteiger partial charge >= 0.3 is 5.97 Å². The van der Waals surface area contributed by atoms with Crippen LogP contribution < -0.4 is 16.4 Å². The lowest BCUT2D eigenvalue weighted by molar-refractivity contribution is -0.142. The summed E-state index contributed by atoms with van der Waals surface area (Å²) in [7, 11) is 1.21.